The topological polar surface area (TPSA) is 69.6 Å². The van der Waals surface area contributed by atoms with Crippen molar-refractivity contribution in [3.8, 4) is 0 Å². The van der Waals surface area contributed by atoms with Crippen LogP contribution in [0.25, 0.3) is 0 Å². The molecule has 1 atom stereocenters. The zero-order chi connectivity index (χ0) is 7.98. The Kier molecular flexibility index (Phi) is 5.90. The summed E-state index contributed by atoms with van der Waals surface area (Å²) in [6.45, 7) is 0. The summed E-state index contributed by atoms with van der Waals surface area (Å²) < 4.78 is 10.9. The van der Waals surface area contributed by atoms with Gasteiger partial charge in [-0.15, -0.1) is 0 Å². The molecule has 10 heavy (non-hydrogen) atoms. The monoisotopic (exact) mass is 183 g/mol. The second-order valence-corrected chi connectivity index (χ2v) is 2.74. The van der Waals surface area contributed by atoms with E-state index in [2.05, 4.69) is 4.72 Å². The molecule has 0 aliphatic carbocycles. The minimum atomic E-state index is -0.948. The predicted octanol–water partition coefficient (Wildman–Crippen LogP) is 0.513. The van der Waals surface area contributed by atoms with Crippen LogP contribution in [0, 0.1) is 0 Å². The van der Waals surface area contributed by atoms with Gasteiger partial charge in [0, 0.05) is 5.75 Å². The highest BCUT2D eigenvalue weighted by Crippen LogP contribution is 1.99. The van der Waals surface area contributed by atoms with Gasteiger partial charge in [0.1, 0.15) is 6.04 Å². The molecule has 0 saturated heterocycles. The van der Waals surface area contributed by atoms with Crippen LogP contribution >= 0.6 is 24.0 Å². The number of carbonyl (C=O) groups is 1. The van der Waals surface area contributed by atoms with Crippen LogP contribution < -0.4 is 4.72 Å². The maximum atomic E-state index is 10.3. The second kappa shape index (κ2) is 5.84. The summed E-state index contributed by atoms with van der Waals surface area (Å²) in [7, 11) is 0. The summed E-state index contributed by atoms with van der Waals surface area (Å²) in [4.78, 5) is 10.3. The van der Waals surface area contributed by atoms with E-state index in [1.165, 1.54) is 11.9 Å². The van der Waals surface area contributed by atoms with Crippen LogP contribution in [0.2, 0.25) is 0 Å². The number of aliphatic carboxylic acids is 1. The van der Waals surface area contributed by atoms with Gasteiger partial charge in [-0.05, 0) is 18.3 Å². The first kappa shape index (κ1) is 10.1. The van der Waals surface area contributed by atoms with E-state index in [1.807, 2.05) is 0 Å². The van der Waals surface area contributed by atoms with E-state index >= 15 is 0 Å². The maximum Gasteiger partial charge on any atom is 0.322 e. The van der Waals surface area contributed by atoms with Gasteiger partial charge in [0.05, 0.1) is 0 Å². The zero-order valence-corrected chi connectivity index (χ0v) is 7.04. The lowest BCUT2D eigenvalue weighted by molar-refractivity contribution is -0.138. The van der Waals surface area contributed by atoms with Gasteiger partial charge in [-0.1, -0.05) is 11.9 Å². The van der Waals surface area contributed by atoms with E-state index in [0.29, 0.717) is 12.0 Å². The van der Waals surface area contributed by atoms with Gasteiger partial charge in [-0.2, -0.15) is 0 Å². The Morgan fingerprint density at radius 2 is 2.40 bits per heavy atom. The first-order chi connectivity index (χ1) is 4.72. The highest BCUT2D eigenvalue weighted by molar-refractivity contribution is 7.96. The van der Waals surface area contributed by atoms with Gasteiger partial charge in [0.2, 0.25) is 0 Å². The van der Waals surface area contributed by atoms with Gasteiger partial charge in [0.25, 0.3) is 0 Å². The average Bonchev–Trinajstić information content (AvgIpc) is 1.87. The molecule has 0 fully saturated rings. The Morgan fingerprint density at radius 3 is 2.70 bits per heavy atom. The summed E-state index contributed by atoms with van der Waals surface area (Å²) in [6.07, 6.45) is 1.73. The highest BCUT2D eigenvalue weighted by Gasteiger charge is 2.15. The van der Waals surface area contributed by atoms with E-state index < -0.39 is 12.0 Å². The quantitative estimate of drug-likeness (QED) is 0.426. The van der Waals surface area contributed by atoms with E-state index in [-0.39, 0.29) is 5.75 Å². The smallest absolute Gasteiger partial charge is 0.322 e. The fourth-order valence-corrected chi connectivity index (χ4v) is 1.32. The van der Waals surface area contributed by atoms with Crippen molar-refractivity contribution in [3.63, 3.8) is 0 Å². The fourth-order valence-electron chi connectivity index (χ4n) is 0.373. The van der Waals surface area contributed by atoms with Gasteiger partial charge < -0.3 is 9.66 Å². The van der Waals surface area contributed by atoms with Gasteiger partial charge in [0.15, 0.2) is 0 Å². The van der Waals surface area contributed by atoms with Crippen LogP contribution in [0.1, 0.15) is 0 Å². The molecule has 6 heteroatoms. The first-order valence-electron chi connectivity index (χ1n) is 2.50. The molecule has 0 bridgehead atoms. The molecular formula is C4H9NO3S2. The van der Waals surface area contributed by atoms with Crippen molar-refractivity contribution in [2.24, 2.45) is 0 Å². The summed E-state index contributed by atoms with van der Waals surface area (Å²) in [6, 6.07) is -0.676. The first-order valence-corrected chi connectivity index (χ1v) is 4.66. The number of carboxylic acids is 1. The molecule has 0 rings (SSSR count). The van der Waals surface area contributed by atoms with Gasteiger partial charge >= 0.3 is 5.97 Å². The molecule has 0 radical (unpaired) electrons. The second-order valence-electron chi connectivity index (χ2n) is 1.51. The molecule has 0 spiro atoms. The van der Waals surface area contributed by atoms with Gasteiger partial charge in [-0.3, -0.25) is 4.79 Å². The number of carboxylic acid groups (broad SMARTS) is 1. The van der Waals surface area contributed by atoms with Crippen molar-refractivity contribution < 1.29 is 14.5 Å². The maximum absolute atomic E-state index is 10.3. The predicted molar refractivity (Wildman–Crippen MR) is 43.2 cm³/mol. The molecule has 0 aromatic heterocycles. The highest BCUT2D eigenvalue weighted by atomic mass is 32.2. The Balaban J connectivity index is 3.61. The van der Waals surface area contributed by atoms with E-state index in [9.17, 15) is 4.79 Å². The van der Waals surface area contributed by atoms with Crippen molar-refractivity contribution in [2.45, 2.75) is 6.04 Å². The molecule has 0 aromatic carbocycles. The van der Waals surface area contributed by atoms with Gasteiger partial charge in [-0.25, -0.2) is 4.72 Å². The number of nitrogens with one attached hydrogen (secondary N) is 1. The van der Waals surface area contributed by atoms with Crippen molar-refractivity contribution >= 4 is 30.0 Å². The molecule has 3 N–H and O–H groups in total. The Hall–Kier alpha value is 0.0900. The molecule has 0 aliphatic heterocycles. The summed E-state index contributed by atoms with van der Waals surface area (Å²) in [5.74, 6) is -0.785. The Labute approximate surface area is 67.7 Å². The fraction of sp³-hybridized carbons (Fsp3) is 0.750. The molecule has 0 saturated carbocycles. The van der Waals surface area contributed by atoms with E-state index in [0.717, 1.165) is 0 Å². The summed E-state index contributed by atoms with van der Waals surface area (Å²) in [5, 5.41) is 8.44. The zero-order valence-electron chi connectivity index (χ0n) is 5.40. The van der Waals surface area contributed by atoms with E-state index in [4.69, 9.17) is 9.66 Å². The Bertz CT molecular complexity index is 105. The number of hydrogen-bond donors (Lipinski definition) is 3. The third-order valence-electron chi connectivity index (χ3n) is 0.799. The molecule has 0 aliphatic rings. The molecule has 0 aromatic rings. The largest absolute Gasteiger partial charge is 0.480 e. The van der Waals surface area contributed by atoms with Crippen LogP contribution in [-0.2, 0) is 4.79 Å². The standard InChI is InChI=1S/C4H9NO3S2/c1-9-5-3(2-10-8)4(6)7/h3,5,8H,2H2,1H3,(H,6,7)/t3-/m0/s1. The lowest BCUT2D eigenvalue weighted by Crippen LogP contribution is -2.34. The lowest BCUT2D eigenvalue weighted by Gasteiger charge is -2.08. The molecule has 4 nitrogen and oxygen atoms in total. The van der Waals surface area contributed by atoms with Crippen molar-refractivity contribution in [3.05, 3.63) is 0 Å². The van der Waals surface area contributed by atoms with Crippen molar-refractivity contribution in [1.29, 1.82) is 0 Å². The number of rotatable bonds is 5. The molecular weight excluding hydrogens is 174 g/mol. The average molecular weight is 183 g/mol. The minimum absolute atomic E-state index is 0.163. The molecule has 0 unspecified atom stereocenters. The van der Waals surface area contributed by atoms with Crippen LogP contribution in [0.3, 0.4) is 0 Å². The lowest BCUT2D eigenvalue weighted by atomic mass is 10.4. The summed E-state index contributed by atoms with van der Waals surface area (Å²) in [5.41, 5.74) is 0. The minimum Gasteiger partial charge on any atom is -0.480 e. The SMILES string of the molecule is CSN[C@@H](CSO)C(=O)O. The van der Waals surface area contributed by atoms with Crippen molar-refractivity contribution in [1.82, 2.24) is 4.72 Å². The third kappa shape index (κ3) is 3.99. The van der Waals surface area contributed by atoms with Crippen molar-refractivity contribution in [2.75, 3.05) is 12.0 Å². The molecule has 0 amide bonds. The molecule has 60 valence electrons. The van der Waals surface area contributed by atoms with Crippen LogP contribution in [0.4, 0.5) is 0 Å². The van der Waals surface area contributed by atoms with Crippen LogP contribution in [-0.4, -0.2) is 33.7 Å². The Morgan fingerprint density at radius 1 is 1.80 bits per heavy atom. The number of hydrogen-bond acceptors (Lipinski definition) is 5. The van der Waals surface area contributed by atoms with E-state index in [1.54, 1.807) is 6.26 Å². The summed E-state index contributed by atoms with van der Waals surface area (Å²) >= 11 is 1.74. The van der Waals surface area contributed by atoms with Crippen LogP contribution in [0.5, 0.6) is 0 Å². The van der Waals surface area contributed by atoms with Crippen LogP contribution in [0.15, 0.2) is 0 Å². The molecule has 0 heterocycles. The third-order valence-corrected chi connectivity index (χ3v) is 1.80. The normalized spacial score (nSPS) is 13.0.